The minimum absolute atomic E-state index is 0.0202. The van der Waals surface area contributed by atoms with Crippen molar-refractivity contribution >= 4 is 50.9 Å². The zero-order valence-corrected chi connectivity index (χ0v) is 30.2. The molecule has 0 radical (unpaired) electrons. The van der Waals surface area contributed by atoms with Crippen LogP contribution in [0.15, 0.2) is 84.9 Å². The lowest BCUT2D eigenvalue weighted by atomic mass is 9.83. The van der Waals surface area contributed by atoms with E-state index >= 15 is 0 Å². The number of nitrogen functional groups attached to an aromatic ring is 1. The third-order valence-corrected chi connectivity index (χ3v) is 9.43. The van der Waals surface area contributed by atoms with Crippen LogP contribution in [0.4, 0.5) is 17.2 Å². The molecule has 0 atom stereocenters. The fourth-order valence-electron chi connectivity index (χ4n) is 6.29. The molecule has 0 unspecified atom stereocenters. The summed E-state index contributed by atoms with van der Waals surface area (Å²) in [6.07, 6.45) is 1.27. The molecule has 6 N–H and O–H groups in total. The van der Waals surface area contributed by atoms with Gasteiger partial charge in [0.15, 0.2) is 0 Å². The highest BCUT2D eigenvalue weighted by Gasteiger charge is 2.24. The molecule has 49 heavy (non-hydrogen) atoms. The molecule has 0 fully saturated rings. The van der Waals surface area contributed by atoms with Crippen molar-refractivity contribution in [3.8, 4) is 11.3 Å². The number of H-pyrrole nitrogens is 1. The van der Waals surface area contributed by atoms with Crippen molar-refractivity contribution in [2.24, 2.45) is 0 Å². The summed E-state index contributed by atoms with van der Waals surface area (Å²) < 4.78 is 0. The highest BCUT2D eigenvalue weighted by molar-refractivity contribution is 6.23. The Morgan fingerprint density at radius 2 is 1.37 bits per heavy atom. The van der Waals surface area contributed by atoms with Crippen molar-refractivity contribution in [1.82, 2.24) is 9.97 Å². The van der Waals surface area contributed by atoms with E-state index in [2.05, 4.69) is 115 Å². The van der Waals surface area contributed by atoms with E-state index in [1.54, 1.807) is 0 Å². The molecule has 0 saturated carbocycles. The minimum Gasteiger partial charge on any atom is -0.398 e. The molecule has 0 aliphatic heterocycles. The smallest absolute Gasteiger partial charge is 0.131 e. The Morgan fingerprint density at radius 1 is 0.714 bits per heavy atom. The summed E-state index contributed by atoms with van der Waals surface area (Å²) in [5, 5.41) is 23.5. The number of nitrogens with one attached hydrogen (secondary N) is 4. The topological polar surface area (TPSA) is 114 Å². The Hall–Kier alpha value is -5.23. The molecule has 0 aliphatic carbocycles. The van der Waals surface area contributed by atoms with Crippen molar-refractivity contribution in [2.75, 3.05) is 11.1 Å². The fourth-order valence-corrected chi connectivity index (χ4v) is 6.29. The quantitative estimate of drug-likeness (QED) is 0.0914. The molecule has 2 aromatic heterocycles. The molecule has 6 aromatic rings. The molecule has 0 amide bonds. The molecule has 0 spiro atoms. The summed E-state index contributed by atoms with van der Waals surface area (Å²) in [4.78, 5) is 8.72. The monoisotopic (exact) mass is 648 g/mol. The second kappa shape index (κ2) is 12.0. The average Bonchev–Trinajstić information content (AvgIpc) is 3.41. The number of aromatic amines is 1. The van der Waals surface area contributed by atoms with Crippen LogP contribution in [0.3, 0.4) is 0 Å². The lowest BCUT2D eigenvalue weighted by molar-refractivity contribution is 0.590. The molecule has 6 nitrogen and oxygen atoms in total. The van der Waals surface area contributed by atoms with Crippen molar-refractivity contribution in [1.29, 1.82) is 10.8 Å². The first-order chi connectivity index (χ1) is 23.0. The number of pyridine rings is 1. The van der Waals surface area contributed by atoms with Gasteiger partial charge in [-0.1, -0.05) is 105 Å². The first-order valence-electron chi connectivity index (χ1n) is 16.9. The first kappa shape index (κ1) is 33.7. The van der Waals surface area contributed by atoms with E-state index < -0.39 is 0 Å². The SMILES string of the molecule is CC(C)(C)c1cc(Nc2ccccc2C(=N)c2cc(C(C)(C)C)cc3c2[nH]c2ccc(C(C)(C)C)cc23)nc(-c2cccc(C=N)c2N)c1. The van der Waals surface area contributed by atoms with Crippen LogP contribution in [0.5, 0.6) is 0 Å². The van der Waals surface area contributed by atoms with E-state index in [0.29, 0.717) is 22.8 Å². The Bertz CT molecular complexity index is 2250. The van der Waals surface area contributed by atoms with Crippen molar-refractivity contribution in [3.05, 3.63) is 118 Å². The van der Waals surface area contributed by atoms with E-state index in [0.717, 1.165) is 50.1 Å². The molecule has 2 heterocycles. The van der Waals surface area contributed by atoms with Gasteiger partial charge in [0.1, 0.15) is 5.82 Å². The van der Waals surface area contributed by atoms with Crippen LogP contribution < -0.4 is 11.1 Å². The average molecular weight is 649 g/mol. The van der Waals surface area contributed by atoms with Crippen LogP contribution in [-0.4, -0.2) is 21.9 Å². The van der Waals surface area contributed by atoms with E-state index in [4.69, 9.17) is 16.1 Å². The van der Waals surface area contributed by atoms with Crippen molar-refractivity contribution in [3.63, 3.8) is 0 Å². The Kier molecular flexibility index (Phi) is 8.26. The van der Waals surface area contributed by atoms with E-state index in [9.17, 15) is 5.41 Å². The van der Waals surface area contributed by atoms with Gasteiger partial charge in [-0.15, -0.1) is 0 Å². The van der Waals surface area contributed by atoms with Gasteiger partial charge >= 0.3 is 0 Å². The number of hydrogen-bond acceptors (Lipinski definition) is 5. The third-order valence-electron chi connectivity index (χ3n) is 9.43. The summed E-state index contributed by atoms with van der Waals surface area (Å²) in [6, 6.07) is 29.0. The normalized spacial score (nSPS) is 12.4. The fraction of sp³-hybridized carbons (Fsp3) is 0.279. The number of hydrogen-bond donors (Lipinski definition) is 5. The molecule has 250 valence electrons. The number of para-hydroxylation sites is 2. The highest BCUT2D eigenvalue weighted by Crippen LogP contribution is 2.38. The molecule has 6 heteroatoms. The minimum atomic E-state index is -0.157. The number of nitrogens with two attached hydrogens (primary N) is 1. The number of benzene rings is 4. The predicted octanol–water partition coefficient (Wildman–Crippen LogP) is 11.0. The molecular formula is C43H48N6. The second-order valence-corrected chi connectivity index (χ2v) is 16.2. The van der Waals surface area contributed by atoms with E-state index in [-0.39, 0.29) is 16.2 Å². The summed E-state index contributed by atoms with van der Waals surface area (Å²) in [5.41, 5.74) is 17.4. The standard InChI is InChI=1S/C43H48N6/c1-41(2,3)26-17-18-35-31(19-26)32-20-27(42(4,5)6)21-33(40(32)49-35)39(46)29-14-10-11-16-34(29)47-37-23-28(43(7,8)9)22-36(48-37)30-15-12-13-25(24-44)38(30)45/h10-24,44,46,49H,45H2,1-9H3,(H,47,48). The maximum absolute atomic E-state index is 9.75. The van der Waals surface area contributed by atoms with Gasteiger partial charge in [0.05, 0.1) is 16.9 Å². The lowest BCUT2D eigenvalue weighted by Crippen LogP contribution is -2.14. The van der Waals surface area contributed by atoms with Gasteiger partial charge in [0, 0.05) is 56.1 Å². The van der Waals surface area contributed by atoms with Crippen LogP contribution in [0.25, 0.3) is 33.1 Å². The number of rotatable bonds is 6. The van der Waals surface area contributed by atoms with E-state index in [1.807, 2.05) is 42.5 Å². The van der Waals surface area contributed by atoms with Gasteiger partial charge in [-0.3, -0.25) is 5.41 Å². The van der Waals surface area contributed by atoms with Crippen LogP contribution in [0.2, 0.25) is 0 Å². The van der Waals surface area contributed by atoms with Crippen molar-refractivity contribution < 1.29 is 0 Å². The van der Waals surface area contributed by atoms with Gasteiger partial charge in [0.25, 0.3) is 0 Å². The molecule has 4 aromatic carbocycles. The lowest BCUT2D eigenvalue weighted by Gasteiger charge is -2.23. The van der Waals surface area contributed by atoms with Crippen LogP contribution in [0, 0.1) is 10.8 Å². The van der Waals surface area contributed by atoms with Gasteiger partial charge in [-0.05, 0) is 75.4 Å². The zero-order chi connectivity index (χ0) is 35.5. The van der Waals surface area contributed by atoms with Crippen LogP contribution >= 0.6 is 0 Å². The predicted molar refractivity (Wildman–Crippen MR) is 210 cm³/mol. The second-order valence-electron chi connectivity index (χ2n) is 16.2. The van der Waals surface area contributed by atoms with E-state index in [1.165, 1.54) is 22.7 Å². The first-order valence-corrected chi connectivity index (χ1v) is 16.9. The Morgan fingerprint density at radius 3 is 2.04 bits per heavy atom. The largest absolute Gasteiger partial charge is 0.398 e. The zero-order valence-electron chi connectivity index (χ0n) is 30.2. The maximum atomic E-state index is 9.75. The summed E-state index contributed by atoms with van der Waals surface area (Å²) in [6.45, 7) is 19.9. The summed E-state index contributed by atoms with van der Waals surface area (Å²) in [5.74, 6) is 0.663. The van der Waals surface area contributed by atoms with Gasteiger partial charge in [-0.2, -0.15) is 0 Å². The molecule has 0 saturated heterocycles. The van der Waals surface area contributed by atoms with Crippen LogP contribution in [0.1, 0.15) is 95.7 Å². The third kappa shape index (κ3) is 6.48. The van der Waals surface area contributed by atoms with Gasteiger partial charge < -0.3 is 21.4 Å². The Balaban J connectivity index is 1.50. The summed E-state index contributed by atoms with van der Waals surface area (Å²) >= 11 is 0. The van der Waals surface area contributed by atoms with Crippen molar-refractivity contribution in [2.45, 2.75) is 78.6 Å². The van der Waals surface area contributed by atoms with Gasteiger partial charge in [-0.25, -0.2) is 4.98 Å². The number of aromatic nitrogens is 2. The summed E-state index contributed by atoms with van der Waals surface area (Å²) in [7, 11) is 0. The maximum Gasteiger partial charge on any atom is 0.131 e. The highest BCUT2D eigenvalue weighted by atomic mass is 15.0. The Labute approximate surface area is 290 Å². The molecular weight excluding hydrogens is 601 g/mol. The number of fused-ring (bicyclic) bond motifs is 3. The number of nitrogens with zero attached hydrogens (tertiary/aromatic N) is 1. The molecule has 0 aliphatic rings. The molecule has 0 bridgehead atoms. The number of anilines is 3. The molecule has 6 rings (SSSR count). The van der Waals surface area contributed by atoms with Crippen LogP contribution in [-0.2, 0) is 16.2 Å². The van der Waals surface area contributed by atoms with Gasteiger partial charge in [0.2, 0.25) is 0 Å².